The molecule has 0 bridgehead atoms. The van der Waals surface area contributed by atoms with E-state index in [1.165, 1.54) is 12.8 Å². The van der Waals surface area contributed by atoms with E-state index >= 15 is 0 Å². The maximum absolute atomic E-state index is 12.7. The molecule has 122 valence electrons. The van der Waals surface area contributed by atoms with E-state index in [0.29, 0.717) is 6.61 Å². The number of rotatable bonds is 4. The highest BCUT2D eigenvalue weighted by molar-refractivity contribution is 6.07. The Balaban J connectivity index is 1.92. The summed E-state index contributed by atoms with van der Waals surface area (Å²) in [5.74, 6) is -1.37. The molecule has 0 spiro atoms. The number of benzene rings is 1. The van der Waals surface area contributed by atoms with Gasteiger partial charge in [-0.2, -0.15) is 0 Å². The first-order chi connectivity index (χ1) is 11.2. The van der Waals surface area contributed by atoms with Gasteiger partial charge in [-0.25, -0.2) is 0 Å². The quantitative estimate of drug-likeness (QED) is 0.633. The van der Waals surface area contributed by atoms with E-state index in [2.05, 4.69) is 4.90 Å². The van der Waals surface area contributed by atoms with Crippen LogP contribution >= 0.6 is 0 Å². The van der Waals surface area contributed by atoms with Crippen LogP contribution in [0.4, 0.5) is 0 Å². The molecular weight excluding hydrogens is 290 g/mol. The van der Waals surface area contributed by atoms with Gasteiger partial charge in [0.25, 0.3) is 0 Å². The number of likely N-dealkylation sites (tertiary alicyclic amines) is 1. The Kier molecular flexibility index (Phi) is 4.79. The molecule has 1 aromatic rings. The molecule has 4 nitrogen and oxygen atoms in total. The Labute approximate surface area is 137 Å². The fourth-order valence-corrected chi connectivity index (χ4v) is 3.60. The van der Waals surface area contributed by atoms with Crippen molar-refractivity contribution in [2.45, 2.75) is 32.1 Å². The number of hydrogen-bond acceptors (Lipinski definition) is 4. The summed E-state index contributed by atoms with van der Waals surface area (Å²) in [5, 5.41) is 0. The minimum absolute atomic E-state index is 0.120. The summed E-state index contributed by atoms with van der Waals surface area (Å²) >= 11 is 0. The van der Waals surface area contributed by atoms with Crippen LogP contribution in [0.25, 0.3) is 0 Å². The van der Waals surface area contributed by atoms with Crippen LogP contribution in [0.2, 0.25) is 0 Å². The third-order valence-electron chi connectivity index (χ3n) is 4.73. The minimum atomic E-state index is -0.719. The van der Waals surface area contributed by atoms with E-state index in [1.807, 2.05) is 30.3 Å². The first-order valence-electron chi connectivity index (χ1n) is 8.41. The van der Waals surface area contributed by atoms with E-state index in [0.717, 1.165) is 30.8 Å². The van der Waals surface area contributed by atoms with Crippen molar-refractivity contribution < 1.29 is 14.3 Å². The Morgan fingerprint density at radius 3 is 2.57 bits per heavy atom. The number of ketones is 1. The van der Waals surface area contributed by atoms with Gasteiger partial charge >= 0.3 is 5.97 Å². The third kappa shape index (κ3) is 3.31. The van der Waals surface area contributed by atoms with Crippen LogP contribution in [0, 0.1) is 5.92 Å². The van der Waals surface area contributed by atoms with Crippen molar-refractivity contribution in [1.82, 2.24) is 4.90 Å². The molecule has 0 N–H and O–H groups in total. The maximum atomic E-state index is 12.7. The summed E-state index contributed by atoms with van der Waals surface area (Å²) in [6.07, 6.45) is 4.73. The number of nitrogens with zero attached hydrogens (tertiary/aromatic N) is 1. The Morgan fingerprint density at radius 1 is 1.22 bits per heavy atom. The molecule has 0 amide bonds. The Hall–Kier alpha value is -2.10. The molecule has 1 aromatic carbocycles. The van der Waals surface area contributed by atoms with Gasteiger partial charge < -0.3 is 9.64 Å². The average molecular weight is 313 g/mol. The van der Waals surface area contributed by atoms with Crippen molar-refractivity contribution in [3.8, 4) is 0 Å². The molecule has 1 aliphatic heterocycles. The van der Waals surface area contributed by atoms with Gasteiger partial charge in [0.15, 0.2) is 5.78 Å². The lowest BCUT2D eigenvalue weighted by molar-refractivity contribution is -0.151. The van der Waals surface area contributed by atoms with Gasteiger partial charge in [0, 0.05) is 30.8 Å². The molecule has 1 aliphatic carbocycles. The predicted molar refractivity (Wildman–Crippen MR) is 87.8 cm³/mol. The first-order valence-corrected chi connectivity index (χ1v) is 8.41. The number of hydrogen-bond donors (Lipinski definition) is 0. The summed E-state index contributed by atoms with van der Waals surface area (Å²) in [6, 6.07) is 9.85. The third-order valence-corrected chi connectivity index (χ3v) is 4.73. The number of carbonyl (C=O) groups excluding carboxylic acids is 2. The molecule has 3 rings (SSSR count). The molecular formula is C19H23NO3. The molecule has 23 heavy (non-hydrogen) atoms. The molecule has 2 atom stereocenters. The van der Waals surface area contributed by atoms with E-state index < -0.39 is 11.9 Å². The van der Waals surface area contributed by atoms with Gasteiger partial charge in [0.05, 0.1) is 6.61 Å². The summed E-state index contributed by atoms with van der Waals surface area (Å²) in [7, 11) is 0. The standard InChI is InChI=1S/C19H23NO3/c1-2-23-19(22)18-16(14-8-4-3-5-9-14)12-15(13-17(18)21)20-10-6-7-11-20/h3-5,8-9,13,16,18H,2,6-7,10-12H2,1H3/t16-,18-/m0/s1. The fraction of sp³-hybridized carbons (Fsp3) is 0.474. The molecule has 1 saturated heterocycles. The van der Waals surface area contributed by atoms with Crippen LogP contribution in [0.1, 0.15) is 37.7 Å². The zero-order chi connectivity index (χ0) is 16.2. The lowest BCUT2D eigenvalue weighted by Crippen LogP contribution is -2.37. The van der Waals surface area contributed by atoms with Crippen LogP contribution < -0.4 is 0 Å². The zero-order valence-corrected chi connectivity index (χ0v) is 13.5. The topological polar surface area (TPSA) is 46.6 Å². The van der Waals surface area contributed by atoms with Gasteiger partial charge in [0.1, 0.15) is 5.92 Å². The van der Waals surface area contributed by atoms with Crippen molar-refractivity contribution in [2.75, 3.05) is 19.7 Å². The number of allylic oxidation sites excluding steroid dienone is 2. The monoisotopic (exact) mass is 313 g/mol. The summed E-state index contributed by atoms with van der Waals surface area (Å²) in [6.45, 7) is 4.08. The molecule has 2 aliphatic rings. The second kappa shape index (κ2) is 6.99. The molecule has 4 heteroatoms. The predicted octanol–water partition coefficient (Wildman–Crippen LogP) is 2.90. The first kappa shape index (κ1) is 15.8. The van der Waals surface area contributed by atoms with Gasteiger partial charge in [-0.1, -0.05) is 30.3 Å². The second-order valence-electron chi connectivity index (χ2n) is 6.18. The fourth-order valence-electron chi connectivity index (χ4n) is 3.60. The van der Waals surface area contributed by atoms with E-state index in [1.54, 1.807) is 13.0 Å². The second-order valence-corrected chi connectivity index (χ2v) is 6.18. The van der Waals surface area contributed by atoms with Crippen LogP contribution in [0.15, 0.2) is 42.1 Å². The van der Waals surface area contributed by atoms with Gasteiger partial charge in [0.2, 0.25) is 0 Å². The zero-order valence-electron chi connectivity index (χ0n) is 13.5. The van der Waals surface area contributed by atoms with Crippen molar-refractivity contribution in [3.05, 3.63) is 47.7 Å². The number of carbonyl (C=O) groups is 2. The molecule has 1 heterocycles. The lowest BCUT2D eigenvalue weighted by Gasteiger charge is -2.33. The normalized spacial score (nSPS) is 24.5. The number of esters is 1. The van der Waals surface area contributed by atoms with Crippen LogP contribution in [-0.4, -0.2) is 36.3 Å². The van der Waals surface area contributed by atoms with Crippen LogP contribution in [0.5, 0.6) is 0 Å². The Morgan fingerprint density at radius 2 is 1.91 bits per heavy atom. The maximum Gasteiger partial charge on any atom is 0.317 e. The molecule has 1 fully saturated rings. The largest absolute Gasteiger partial charge is 0.465 e. The molecule has 0 aromatic heterocycles. The van der Waals surface area contributed by atoms with Crippen LogP contribution in [0.3, 0.4) is 0 Å². The van der Waals surface area contributed by atoms with Crippen LogP contribution in [-0.2, 0) is 14.3 Å². The smallest absolute Gasteiger partial charge is 0.317 e. The van der Waals surface area contributed by atoms with Crippen molar-refractivity contribution in [3.63, 3.8) is 0 Å². The van der Waals surface area contributed by atoms with E-state index in [-0.39, 0.29) is 11.7 Å². The van der Waals surface area contributed by atoms with Gasteiger partial charge in [-0.15, -0.1) is 0 Å². The van der Waals surface area contributed by atoms with Gasteiger partial charge in [-0.3, -0.25) is 9.59 Å². The summed E-state index contributed by atoms with van der Waals surface area (Å²) in [4.78, 5) is 27.3. The highest BCUT2D eigenvalue weighted by Gasteiger charge is 2.40. The van der Waals surface area contributed by atoms with Crippen molar-refractivity contribution in [2.24, 2.45) is 5.92 Å². The van der Waals surface area contributed by atoms with Gasteiger partial charge in [-0.05, 0) is 31.7 Å². The summed E-state index contributed by atoms with van der Waals surface area (Å²) in [5.41, 5.74) is 2.10. The molecule has 0 saturated carbocycles. The van der Waals surface area contributed by atoms with Crippen molar-refractivity contribution >= 4 is 11.8 Å². The summed E-state index contributed by atoms with van der Waals surface area (Å²) < 4.78 is 5.16. The SMILES string of the molecule is CCOC(=O)[C@@H]1C(=O)C=C(N2CCCC2)C[C@H]1c1ccccc1. The average Bonchev–Trinajstić information content (AvgIpc) is 3.09. The molecule has 0 radical (unpaired) electrons. The number of ether oxygens (including phenoxy) is 1. The van der Waals surface area contributed by atoms with Crippen molar-refractivity contribution in [1.29, 1.82) is 0 Å². The van der Waals surface area contributed by atoms with E-state index in [9.17, 15) is 9.59 Å². The minimum Gasteiger partial charge on any atom is -0.465 e. The Bertz CT molecular complexity index is 602. The lowest BCUT2D eigenvalue weighted by atomic mass is 9.76. The highest BCUT2D eigenvalue weighted by Crippen LogP contribution is 2.38. The highest BCUT2D eigenvalue weighted by atomic mass is 16.5. The molecule has 0 unspecified atom stereocenters. The van der Waals surface area contributed by atoms with E-state index in [4.69, 9.17) is 4.74 Å².